The molecule has 1 aromatic carbocycles. The maximum Gasteiger partial charge on any atom is 0.103 e. The van der Waals surface area contributed by atoms with Crippen molar-refractivity contribution in [2.75, 3.05) is 6.54 Å². The van der Waals surface area contributed by atoms with Gasteiger partial charge < -0.3 is 5.32 Å². The monoisotopic (exact) mass is 326 g/mol. The van der Waals surface area contributed by atoms with Crippen molar-refractivity contribution >= 4 is 34.7 Å². The second-order valence-electron chi connectivity index (χ2n) is 4.56. The predicted octanol–water partition coefficient (Wildman–Crippen LogP) is 5.15. The summed E-state index contributed by atoms with van der Waals surface area (Å²) >= 11 is 9.62. The minimum atomic E-state index is 0.324. The van der Waals surface area contributed by atoms with E-state index in [0.717, 1.165) is 39.3 Å². The van der Waals surface area contributed by atoms with Gasteiger partial charge in [0.25, 0.3) is 0 Å². The van der Waals surface area contributed by atoms with Crippen LogP contribution < -0.4 is 5.32 Å². The molecule has 5 heteroatoms. The fourth-order valence-corrected chi connectivity index (χ4v) is 3.90. The van der Waals surface area contributed by atoms with Gasteiger partial charge in [-0.2, -0.15) is 0 Å². The van der Waals surface area contributed by atoms with Gasteiger partial charge in [0.2, 0.25) is 0 Å². The lowest BCUT2D eigenvalue weighted by Crippen LogP contribution is -2.19. The van der Waals surface area contributed by atoms with Crippen LogP contribution in [0.1, 0.15) is 37.0 Å². The van der Waals surface area contributed by atoms with E-state index in [1.807, 2.05) is 24.3 Å². The number of hydrogen-bond donors (Lipinski definition) is 1. The van der Waals surface area contributed by atoms with Gasteiger partial charge in [-0.15, -0.1) is 23.1 Å². The molecule has 0 saturated heterocycles. The Balaban J connectivity index is 1.91. The molecule has 0 aliphatic rings. The third kappa shape index (κ3) is 4.48. The van der Waals surface area contributed by atoms with E-state index in [1.165, 1.54) is 0 Å². The van der Waals surface area contributed by atoms with Gasteiger partial charge in [-0.05, 0) is 32.0 Å². The molecule has 0 aliphatic heterocycles. The summed E-state index contributed by atoms with van der Waals surface area (Å²) in [5.74, 6) is 0.870. The van der Waals surface area contributed by atoms with Crippen LogP contribution in [-0.4, -0.2) is 11.5 Å². The van der Waals surface area contributed by atoms with Crippen LogP contribution >= 0.6 is 34.7 Å². The summed E-state index contributed by atoms with van der Waals surface area (Å²) in [7, 11) is 0. The summed E-state index contributed by atoms with van der Waals surface area (Å²) in [6.07, 6.45) is 1.14. The number of thiazole rings is 1. The molecule has 1 heterocycles. The smallest absolute Gasteiger partial charge is 0.103 e. The number of thioether (sulfide) groups is 1. The third-order valence-corrected chi connectivity index (χ3v) is 5.48. The highest BCUT2D eigenvalue weighted by atomic mass is 35.5. The second kappa shape index (κ2) is 8.03. The highest BCUT2D eigenvalue weighted by Gasteiger charge is 2.10. The van der Waals surface area contributed by atoms with Crippen LogP contribution in [-0.2, 0) is 5.75 Å². The maximum atomic E-state index is 6.16. The molecule has 1 unspecified atom stereocenters. The molecule has 0 radical (unpaired) electrons. The number of halogens is 1. The summed E-state index contributed by atoms with van der Waals surface area (Å²) in [4.78, 5) is 5.81. The van der Waals surface area contributed by atoms with Crippen molar-refractivity contribution in [3.05, 3.63) is 45.4 Å². The molecule has 108 valence electrons. The van der Waals surface area contributed by atoms with Crippen molar-refractivity contribution in [3.8, 4) is 0 Å². The van der Waals surface area contributed by atoms with Gasteiger partial charge in [0.15, 0.2) is 0 Å². The Kier molecular flexibility index (Phi) is 6.36. The zero-order valence-electron chi connectivity index (χ0n) is 11.7. The first-order valence-electron chi connectivity index (χ1n) is 6.75. The Morgan fingerprint density at radius 1 is 1.40 bits per heavy atom. The lowest BCUT2D eigenvalue weighted by atomic mass is 10.2. The highest BCUT2D eigenvalue weighted by Crippen LogP contribution is 2.30. The Bertz CT molecular complexity index is 542. The molecule has 0 aliphatic carbocycles. The Morgan fingerprint density at radius 2 is 2.20 bits per heavy atom. The topological polar surface area (TPSA) is 24.9 Å². The average molecular weight is 327 g/mol. The average Bonchev–Trinajstić information content (AvgIpc) is 2.93. The van der Waals surface area contributed by atoms with E-state index >= 15 is 0 Å². The summed E-state index contributed by atoms with van der Waals surface area (Å²) in [6, 6.07) is 8.26. The first-order valence-corrected chi connectivity index (χ1v) is 9.00. The molecule has 2 rings (SSSR count). The molecule has 0 saturated carbocycles. The molecule has 2 aromatic rings. The normalized spacial score (nSPS) is 12.6. The molecular weight excluding hydrogens is 308 g/mol. The van der Waals surface area contributed by atoms with E-state index in [-0.39, 0.29) is 0 Å². The van der Waals surface area contributed by atoms with E-state index < -0.39 is 0 Å². The van der Waals surface area contributed by atoms with Gasteiger partial charge in [0.1, 0.15) is 5.01 Å². The molecular formula is C15H19ClN2S2. The van der Waals surface area contributed by atoms with E-state index in [4.69, 9.17) is 16.6 Å². The number of nitrogens with one attached hydrogen (secondary N) is 1. The van der Waals surface area contributed by atoms with Crippen LogP contribution in [0.4, 0.5) is 0 Å². The van der Waals surface area contributed by atoms with Crippen molar-refractivity contribution in [3.63, 3.8) is 0 Å². The first kappa shape index (κ1) is 15.8. The molecule has 0 amide bonds. The van der Waals surface area contributed by atoms with Crippen molar-refractivity contribution in [2.24, 2.45) is 0 Å². The second-order valence-corrected chi connectivity index (χ2v) is 6.93. The quantitative estimate of drug-likeness (QED) is 0.712. The summed E-state index contributed by atoms with van der Waals surface area (Å²) in [5.41, 5.74) is 1.14. The number of rotatable bonds is 7. The molecule has 1 aromatic heterocycles. The molecule has 0 fully saturated rings. The fourth-order valence-electron chi connectivity index (χ4n) is 1.76. The van der Waals surface area contributed by atoms with Gasteiger partial charge in [-0.3, -0.25) is 0 Å². The standard InChI is InChI=1S/C15H19ClN2S2/c1-3-8-17-11(2)13-9-20-15(18-13)10-19-14-7-5-4-6-12(14)16/h4-7,9,11,17H,3,8,10H2,1-2H3. The molecule has 0 bridgehead atoms. The van der Waals surface area contributed by atoms with Gasteiger partial charge in [-0.25, -0.2) is 4.98 Å². The minimum Gasteiger partial charge on any atom is -0.309 e. The lowest BCUT2D eigenvalue weighted by molar-refractivity contribution is 0.560. The van der Waals surface area contributed by atoms with Gasteiger partial charge >= 0.3 is 0 Å². The number of aromatic nitrogens is 1. The van der Waals surface area contributed by atoms with Crippen molar-refractivity contribution < 1.29 is 0 Å². The fraction of sp³-hybridized carbons (Fsp3) is 0.400. The van der Waals surface area contributed by atoms with E-state index in [1.54, 1.807) is 23.1 Å². The number of benzene rings is 1. The van der Waals surface area contributed by atoms with Crippen LogP contribution in [0.25, 0.3) is 0 Å². The van der Waals surface area contributed by atoms with Crippen molar-refractivity contribution in [1.82, 2.24) is 10.3 Å². The Labute approximate surface area is 134 Å². The Morgan fingerprint density at radius 3 is 2.95 bits per heavy atom. The summed E-state index contributed by atoms with van der Waals surface area (Å²) in [5, 5.41) is 7.57. The van der Waals surface area contributed by atoms with E-state index in [2.05, 4.69) is 24.5 Å². The zero-order chi connectivity index (χ0) is 14.4. The lowest BCUT2D eigenvalue weighted by Gasteiger charge is -2.09. The predicted molar refractivity (Wildman–Crippen MR) is 89.8 cm³/mol. The van der Waals surface area contributed by atoms with E-state index in [0.29, 0.717) is 6.04 Å². The largest absolute Gasteiger partial charge is 0.309 e. The van der Waals surface area contributed by atoms with Crippen molar-refractivity contribution in [2.45, 2.75) is 37.0 Å². The number of nitrogens with zero attached hydrogens (tertiary/aromatic N) is 1. The van der Waals surface area contributed by atoms with Gasteiger partial charge in [-0.1, -0.05) is 30.7 Å². The number of hydrogen-bond acceptors (Lipinski definition) is 4. The van der Waals surface area contributed by atoms with Crippen LogP contribution in [0.3, 0.4) is 0 Å². The van der Waals surface area contributed by atoms with Crippen LogP contribution in [0.5, 0.6) is 0 Å². The SMILES string of the molecule is CCCNC(C)c1csc(CSc2ccccc2Cl)n1. The van der Waals surface area contributed by atoms with Gasteiger partial charge in [0.05, 0.1) is 16.5 Å². The molecule has 0 spiro atoms. The van der Waals surface area contributed by atoms with E-state index in [9.17, 15) is 0 Å². The summed E-state index contributed by atoms with van der Waals surface area (Å²) in [6.45, 7) is 5.37. The van der Waals surface area contributed by atoms with Crippen molar-refractivity contribution in [1.29, 1.82) is 0 Å². The van der Waals surface area contributed by atoms with Crippen LogP contribution in [0, 0.1) is 0 Å². The highest BCUT2D eigenvalue weighted by molar-refractivity contribution is 7.98. The molecule has 1 atom stereocenters. The molecule has 20 heavy (non-hydrogen) atoms. The van der Waals surface area contributed by atoms with Crippen LogP contribution in [0.15, 0.2) is 34.5 Å². The minimum absolute atomic E-state index is 0.324. The van der Waals surface area contributed by atoms with Crippen LogP contribution in [0.2, 0.25) is 5.02 Å². The zero-order valence-corrected chi connectivity index (χ0v) is 14.1. The Hall–Kier alpha value is -0.550. The molecule has 1 N–H and O–H groups in total. The molecule has 2 nitrogen and oxygen atoms in total. The first-order chi connectivity index (χ1) is 9.70. The summed E-state index contributed by atoms with van der Waals surface area (Å²) < 4.78 is 0. The third-order valence-electron chi connectivity index (χ3n) is 2.90. The van der Waals surface area contributed by atoms with Gasteiger partial charge in [0, 0.05) is 16.3 Å². The maximum absolute atomic E-state index is 6.16.